The van der Waals surface area contributed by atoms with Crippen LogP contribution in [0.15, 0.2) is 78.9 Å². The summed E-state index contributed by atoms with van der Waals surface area (Å²) in [5.74, 6) is -0.658. The number of hydrogen-bond donors (Lipinski definition) is 0. The molecule has 0 N–H and O–H groups in total. The number of carbonyl (C=O) groups is 1. The maximum Gasteiger partial charge on any atom is 0.453 e. The minimum Gasteiger partial charge on any atom is -0.496 e. The lowest BCUT2D eigenvalue weighted by Crippen LogP contribution is -2.67. The normalized spacial score (nSPS) is 19.3. The van der Waals surface area contributed by atoms with Crippen LogP contribution < -0.4 is 4.74 Å². The van der Waals surface area contributed by atoms with Gasteiger partial charge in [0.2, 0.25) is 5.91 Å². The number of piperazine rings is 2. The number of fused-ring (bicyclic) bond motifs is 1. The first-order valence-corrected chi connectivity index (χ1v) is 15.1. The second-order valence-electron chi connectivity index (χ2n) is 11.6. The van der Waals surface area contributed by atoms with Gasteiger partial charge in [-0.05, 0) is 39.8 Å². The van der Waals surface area contributed by atoms with E-state index in [1.54, 1.807) is 19.2 Å². The molecule has 3 aromatic carbocycles. The van der Waals surface area contributed by atoms with E-state index in [1.807, 2.05) is 17.0 Å². The molecule has 10 nitrogen and oxygen atoms in total. The Morgan fingerprint density at radius 3 is 2.26 bits per heavy atom. The molecule has 0 bridgehead atoms. The molecule has 2 atom stereocenters. The number of nitrogens with zero attached hydrogens (tertiary/aromatic N) is 7. The fourth-order valence-electron chi connectivity index (χ4n) is 6.83. The summed E-state index contributed by atoms with van der Waals surface area (Å²) in [6, 6.07) is 25.7. The molecule has 2 fully saturated rings. The Kier molecular flexibility index (Phi) is 9.34. The monoisotopic (exact) mass is 635 g/mol. The van der Waals surface area contributed by atoms with Crippen LogP contribution >= 0.6 is 0 Å². The maximum absolute atomic E-state index is 13.6. The number of amides is 1. The average molecular weight is 636 g/mol. The van der Waals surface area contributed by atoms with Gasteiger partial charge in [0.25, 0.3) is 5.82 Å². The van der Waals surface area contributed by atoms with E-state index >= 15 is 0 Å². The summed E-state index contributed by atoms with van der Waals surface area (Å²) < 4.78 is 52.4. The van der Waals surface area contributed by atoms with Crippen molar-refractivity contribution in [2.45, 2.75) is 30.7 Å². The number of benzene rings is 3. The van der Waals surface area contributed by atoms with Crippen molar-refractivity contribution in [1.82, 2.24) is 34.9 Å². The third-order valence-corrected chi connectivity index (χ3v) is 8.82. The summed E-state index contributed by atoms with van der Waals surface area (Å²) in [6.45, 7) is 3.63. The number of carbonyl (C=O) groups excluding carboxylic acids is 1. The van der Waals surface area contributed by atoms with E-state index in [1.165, 1.54) is 24.3 Å². The number of ether oxygens (including phenoxy) is 2. The number of rotatable bonds is 9. The maximum atomic E-state index is 13.6. The van der Waals surface area contributed by atoms with Crippen LogP contribution in [0.3, 0.4) is 0 Å². The van der Waals surface area contributed by atoms with Crippen LogP contribution in [0.5, 0.6) is 5.75 Å². The zero-order valence-corrected chi connectivity index (χ0v) is 25.7. The van der Waals surface area contributed by atoms with Gasteiger partial charge in [-0.2, -0.15) is 17.9 Å². The van der Waals surface area contributed by atoms with Crippen LogP contribution in [0.4, 0.5) is 13.2 Å². The molecule has 0 aliphatic carbocycles. The van der Waals surface area contributed by atoms with E-state index in [2.05, 4.69) is 73.9 Å². The first-order chi connectivity index (χ1) is 22.3. The van der Waals surface area contributed by atoms with E-state index in [0.29, 0.717) is 55.3 Å². The Bertz CT molecular complexity index is 1580. The summed E-state index contributed by atoms with van der Waals surface area (Å²) in [4.78, 5) is 19.6. The van der Waals surface area contributed by atoms with Gasteiger partial charge in [-0.25, -0.2) is 0 Å². The van der Waals surface area contributed by atoms with E-state index in [9.17, 15) is 18.0 Å². The van der Waals surface area contributed by atoms with Crippen molar-refractivity contribution in [1.29, 1.82) is 0 Å². The summed E-state index contributed by atoms with van der Waals surface area (Å²) >= 11 is 0. The van der Waals surface area contributed by atoms with Gasteiger partial charge in [-0.3, -0.25) is 14.6 Å². The number of halogens is 3. The first-order valence-electron chi connectivity index (χ1n) is 15.1. The Labute approximate surface area is 265 Å². The topological polar surface area (TPSA) is 88.9 Å². The lowest BCUT2D eigenvalue weighted by atomic mass is 9.81. The van der Waals surface area contributed by atoms with E-state index < -0.39 is 12.0 Å². The molecule has 2 aliphatic rings. The zero-order valence-electron chi connectivity index (χ0n) is 25.7. The Morgan fingerprint density at radius 2 is 1.63 bits per heavy atom. The van der Waals surface area contributed by atoms with Crippen molar-refractivity contribution in [3.8, 4) is 11.4 Å². The number of hydrogen-bond acceptors (Lipinski definition) is 8. The van der Waals surface area contributed by atoms with E-state index in [-0.39, 0.29) is 36.2 Å². The molecule has 0 radical (unpaired) electrons. The minimum atomic E-state index is -4.72. The second-order valence-corrected chi connectivity index (χ2v) is 11.6. The highest BCUT2D eigenvalue weighted by Crippen LogP contribution is 2.37. The molecule has 242 valence electrons. The first kappa shape index (κ1) is 31.6. The number of alkyl halides is 3. The molecular weight excluding hydrogens is 599 g/mol. The van der Waals surface area contributed by atoms with Crippen molar-refractivity contribution < 1.29 is 27.4 Å². The summed E-state index contributed by atoms with van der Waals surface area (Å²) in [5.41, 5.74) is 3.27. The predicted octanol–water partition coefficient (Wildman–Crippen LogP) is 3.87. The van der Waals surface area contributed by atoms with Crippen molar-refractivity contribution in [3.63, 3.8) is 0 Å². The Morgan fingerprint density at radius 1 is 0.935 bits per heavy atom. The molecular formula is C33H36F3N7O3. The van der Waals surface area contributed by atoms with Gasteiger partial charge in [0, 0.05) is 69.9 Å². The molecule has 0 spiro atoms. The zero-order chi connectivity index (χ0) is 32.3. The van der Waals surface area contributed by atoms with Crippen LogP contribution in [0.25, 0.3) is 5.69 Å². The molecule has 4 aromatic rings. The lowest BCUT2D eigenvalue weighted by Gasteiger charge is -2.53. The molecule has 0 saturated carbocycles. The third-order valence-electron chi connectivity index (χ3n) is 8.82. The highest BCUT2D eigenvalue weighted by atomic mass is 19.4. The van der Waals surface area contributed by atoms with Crippen molar-refractivity contribution in [2.24, 2.45) is 0 Å². The van der Waals surface area contributed by atoms with Gasteiger partial charge in [-0.1, -0.05) is 60.7 Å². The fraction of sp³-hybridized carbons (Fsp3) is 0.394. The highest BCUT2D eigenvalue weighted by molar-refractivity contribution is 5.77. The fourth-order valence-corrected chi connectivity index (χ4v) is 6.83. The van der Waals surface area contributed by atoms with Gasteiger partial charge in [-0.15, -0.1) is 5.10 Å². The largest absolute Gasteiger partial charge is 0.496 e. The van der Waals surface area contributed by atoms with Gasteiger partial charge in [0.1, 0.15) is 12.4 Å². The molecule has 2 saturated heterocycles. The van der Waals surface area contributed by atoms with Gasteiger partial charge in [0.15, 0.2) is 0 Å². The van der Waals surface area contributed by atoms with E-state index in [4.69, 9.17) is 9.47 Å². The predicted molar refractivity (Wildman–Crippen MR) is 163 cm³/mol. The smallest absolute Gasteiger partial charge is 0.453 e. The SMILES string of the molecule is COCC(=O)N1CCN2[C@H](CN(Cc3cc(-n4nnnc4C(F)(F)F)ccc3OC)C[C@H]2C(c2ccccc2)c2ccccc2)C1. The number of methoxy groups -OCH3 is 2. The van der Waals surface area contributed by atoms with Crippen molar-refractivity contribution in [3.05, 3.63) is 101 Å². The van der Waals surface area contributed by atoms with Gasteiger partial charge < -0.3 is 14.4 Å². The molecule has 2 aliphatic heterocycles. The summed E-state index contributed by atoms with van der Waals surface area (Å²) in [5, 5.41) is 10.1. The van der Waals surface area contributed by atoms with Gasteiger partial charge >= 0.3 is 6.18 Å². The van der Waals surface area contributed by atoms with Crippen LogP contribution in [-0.2, 0) is 22.3 Å². The van der Waals surface area contributed by atoms with Crippen molar-refractivity contribution >= 4 is 5.91 Å². The molecule has 13 heteroatoms. The quantitative estimate of drug-likeness (QED) is 0.274. The minimum absolute atomic E-state index is 0.0220. The molecule has 46 heavy (non-hydrogen) atoms. The number of aromatic nitrogens is 4. The molecule has 1 aromatic heterocycles. The third kappa shape index (κ3) is 6.62. The number of tetrazole rings is 1. The van der Waals surface area contributed by atoms with Gasteiger partial charge in [0.05, 0.1) is 12.8 Å². The lowest BCUT2D eigenvalue weighted by molar-refractivity contribution is -0.146. The highest BCUT2D eigenvalue weighted by Gasteiger charge is 2.43. The molecule has 3 heterocycles. The molecule has 0 unspecified atom stereocenters. The van der Waals surface area contributed by atoms with E-state index in [0.717, 1.165) is 0 Å². The van der Waals surface area contributed by atoms with Crippen LogP contribution in [-0.4, -0.2) is 106 Å². The Balaban J connectivity index is 1.37. The summed E-state index contributed by atoms with van der Waals surface area (Å²) in [6.07, 6.45) is -4.72. The summed E-state index contributed by atoms with van der Waals surface area (Å²) in [7, 11) is 3.06. The average Bonchev–Trinajstić information content (AvgIpc) is 3.57. The van der Waals surface area contributed by atoms with Crippen LogP contribution in [0, 0.1) is 0 Å². The molecule has 6 rings (SSSR count). The second kappa shape index (κ2) is 13.6. The van der Waals surface area contributed by atoms with Crippen molar-refractivity contribution in [2.75, 3.05) is 53.6 Å². The van der Waals surface area contributed by atoms with Crippen LogP contribution in [0.2, 0.25) is 0 Å². The Hall–Kier alpha value is -4.33. The molecule has 1 amide bonds. The van der Waals surface area contributed by atoms with Crippen LogP contribution in [0.1, 0.15) is 28.4 Å². The standard InChI is InChI=1S/C33H36F3N7O3/c1-45-22-30(44)41-15-16-42-27(20-41)19-40(21-28(42)31(23-9-5-3-6-10-23)24-11-7-4-8-12-24)18-25-17-26(13-14-29(25)46-2)43-32(33(34,35)36)37-38-39-43/h3-14,17,27-28,31H,15-16,18-22H2,1-2H3/t27-,28+/m1/s1.